The summed E-state index contributed by atoms with van der Waals surface area (Å²) in [6, 6.07) is -0.497. The molecule has 1 rings (SSSR count). The van der Waals surface area contributed by atoms with Crippen LogP contribution in [0.5, 0.6) is 0 Å². The summed E-state index contributed by atoms with van der Waals surface area (Å²) in [5, 5.41) is 12.9. The Morgan fingerprint density at radius 3 is 2.40 bits per heavy atom. The SMILES string of the molecule is CCCCC(CN(O)C=O)C(=O)NC(C(=O)C1CCCCC1)C(C)C. The first-order chi connectivity index (χ1) is 11.9. The van der Waals surface area contributed by atoms with Crippen LogP contribution in [0, 0.1) is 17.8 Å². The first kappa shape index (κ1) is 21.6. The van der Waals surface area contributed by atoms with Crippen molar-refractivity contribution in [2.45, 2.75) is 78.2 Å². The van der Waals surface area contributed by atoms with Crippen molar-refractivity contribution in [1.29, 1.82) is 0 Å². The molecule has 0 spiro atoms. The van der Waals surface area contributed by atoms with Crippen molar-refractivity contribution in [3.63, 3.8) is 0 Å². The van der Waals surface area contributed by atoms with E-state index in [0.717, 1.165) is 38.5 Å². The first-order valence-electron chi connectivity index (χ1n) is 9.65. The number of nitrogens with one attached hydrogen (secondary N) is 1. The molecule has 2 N–H and O–H groups in total. The average Bonchev–Trinajstić information content (AvgIpc) is 2.62. The third kappa shape index (κ3) is 7.14. The third-order valence-electron chi connectivity index (χ3n) is 5.08. The minimum absolute atomic E-state index is 0.0153. The van der Waals surface area contributed by atoms with E-state index in [0.29, 0.717) is 17.9 Å². The van der Waals surface area contributed by atoms with Gasteiger partial charge < -0.3 is 5.32 Å². The molecule has 0 saturated heterocycles. The van der Waals surface area contributed by atoms with Crippen molar-refractivity contribution < 1.29 is 19.6 Å². The number of unbranched alkanes of at least 4 members (excludes halogenated alkanes) is 1. The number of hydrogen-bond acceptors (Lipinski definition) is 4. The van der Waals surface area contributed by atoms with Gasteiger partial charge in [0.15, 0.2) is 5.78 Å². The predicted octanol–water partition coefficient (Wildman–Crippen LogP) is 2.93. The maximum atomic E-state index is 12.9. The van der Waals surface area contributed by atoms with Gasteiger partial charge in [0.25, 0.3) is 0 Å². The van der Waals surface area contributed by atoms with Gasteiger partial charge in [-0.3, -0.25) is 19.6 Å². The third-order valence-corrected chi connectivity index (χ3v) is 5.08. The molecular weight excluding hydrogens is 320 g/mol. The van der Waals surface area contributed by atoms with Crippen LogP contribution in [-0.4, -0.2) is 41.0 Å². The van der Waals surface area contributed by atoms with Gasteiger partial charge in [-0.1, -0.05) is 52.9 Å². The Morgan fingerprint density at radius 1 is 1.24 bits per heavy atom. The van der Waals surface area contributed by atoms with Crippen LogP contribution in [0.2, 0.25) is 0 Å². The van der Waals surface area contributed by atoms with E-state index in [-0.39, 0.29) is 30.1 Å². The standard InChI is InChI=1S/C19H34N2O4/c1-4-5-9-16(12-21(25)13-22)19(24)20-17(14(2)3)18(23)15-10-7-6-8-11-15/h13-17,25H,4-12H2,1-3H3,(H,20,24). The van der Waals surface area contributed by atoms with Crippen LogP contribution in [-0.2, 0) is 14.4 Å². The van der Waals surface area contributed by atoms with Crippen LogP contribution >= 0.6 is 0 Å². The summed E-state index contributed by atoms with van der Waals surface area (Å²) >= 11 is 0. The second-order valence-corrected chi connectivity index (χ2v) is 7.53. The largest absolute Gasteiger partial charge is 0.346 e. The molecule has 1 aliphatic rings. The number of nitrogens with zero attached hydrogens (tertiary/aromatic N) is 1. The van der Waals surface area contributed by atoms with Crippen LogP contribution in [0.15, 0.2) is 0 Å². The van der Waals surface area contributed by atoms with Crippen LogP contribution in [0.25, 0.3) is 0 Å². The highest BCUT2D eigenvalue weighted by atomic mass is 16.5. The average molecular weight is 354 g/mol. The summed E-state index contributed by atoms with van der Waals surface area (Å²) in [6.07, 6.45) is 7.78. The molecule has 0 aromatic carbocycles. The Labute approximate surface area is 151 Å². The van der Waals surface area contributed by atoms with Crippen molar-refractivity contribution in [3.05, 3.63) is 0 Å². The molecule has 1 aliphatic carbocycles. The fourth-order valence-electron chi connectivity index (χ4n) is 3.50. The zero-order valence-corrected chi connectivity index (χ0v) is 15.9. The lowest BCUT2D eigenvalue weighted by Crippen LogP contribution is -2.50. The number of carbonyl (C=O) groups is 3. The lowest BCUT2D eigenvalue weighted by Gasteiger charge is -2.30. The first-order valence-corrected chi connectivity index (χ1v) is 9.65. The molecule has 25 heavy (non-hydrogen) atoms. The van der Waals surface area contributed by atoms with Crippen LogP contribution in [0.3, 0.4) is 0 Å². The van der Waals surface area contributed by atoms with E-state index in [1.54, 1.807) is 0 Å². The van der Waals surface area contributed by atoms with Crippen LogP contribution in [0.1, 0.15) is 72.1 Å². The summed E-state index contributed by atoms with van der Waals surface area (Å²) in [4.78, 5) is 36.2. The Hall–Kier alpha value is -1.43. The number of carbonyl (C=O) groups excluding carboxylic acids is 3. The van der Waals surface area contributed by atoms with Crippen molar-refractivity contribution in [2.75, 3.05) is 6.54 Å². The highest BCUT2D eigenvalue weighted by Gasteiger charge is 2.33. The summed E-state index contributed by atoms with van der Waals surface area (Å²) in [6.45, 7) is 5.86. The quantitative estimate of drug-likeness (QED) is 0.339. The van der Waals surface area contributed by atoms with Crippen molar-refractivity contribution in [2.24, 2.45) is 17.8 Å². The number of amides is 2. The van der Waals surface area contributed by atoms with E-state index < -0.39 is 12.0 Å². The van der Waals surface area contributed by atoms with Crippen LogP contribution < -0.4 is 5.32 Å². The maximum Gasteiger partial charge on any atom is 0.233 e. The molecule has 0 aromatic rings. The highest BCUT2D eigenvalue weighted by Crippen LogP contribution is 2.27. The second-order valence-electron chi connectivity index (χ2n) is 7.53. The summed E-state index contributed by atoms with van der Waals surface area (Å²) < 4.78 is 0. The van der Waals surface area contributed by atoms with Gasteiger partial charge in [-0.25, -0.2) is 5.06 Å². The number of rotatable bonds is 11. The Kier molecular flexibility index (Phi) is 9.71. The Morgan fingerprint density at radius 2 is 1.88 bits per heavy atom. The van der Waals surface area contributed by atoms with Gasteiger partial charge in [-0.05, 0) is 25.2 Å². The molecule has 0 radical (unpaired) electrons. The molecule has 2 atom stereocenters. The zero-order chi connectivity index (χ0) is 18.8. The number of ketones is 1. The molecule has 6 heteroatoms. The van der Waals surface area contributed by atoms with Gasteiger partial charge in [0.1, 0.15) is 0 Å². The van der Waals surface area contributed by atoms with E-state index in [2.05, 4.69) is 5.32 Å². The summed E-state index contributed by atoms with van der Waals surface area (Å²) in [7, 11) is 0. The lowest BCUT2D eigenvalue weighted by molar-refractivity contribution is -0.155. The summed E-state index contributed by atoms with van der Waals surface area (Å²) in [5.41, 5.74) is 0. The normalized spacial score (nSPS) is 17.8. The van der Waals surface area contributed by atoms with E-state index >= 15 is 0 Å². The van der Waals surface area contributed by atoms with E-state index in [1.165, 1.54) is 6.42 Å². The summed E-state index contributed by atoms with van der Waals surface area (Å²) in [5.74, 6) is -0.567. The number of hydrogen-bond donors (Lipinski definition) is 2. The number of hydroxylamine groups is 2. The maximum absolute atomic E-state index is 12.9. The number of Topliss-reactive ketones (excluding diaryl/α,β-unsaturated/α-hetero) is 1. The van der Waals surface area contributed by atoms with Gasteiger partial charge in [-0.2, -0.15) is 0 Å². The molecule has 0 aliphatic heterocycles. The minimum Gasteiger partial charge on any atom is -0.346 e. The molecule has 6 nitrogen and oxygen atoms in total. The van der Waals surface area contributed by atoms with E-state index in [4.69, 9.17) is 0 Å². The van der Waals surface area contributed by atoms with Gasteiger partial charge >= 0.3 is 0 Å². The lowest BCUT2D eigenvalue weighted by atomic mass is 9.81. The molecule has 144 valence electrons. The minimum atomic E-state index is -0.504. The van der Waals surface area contributed by atoms with Crippen molar-refractivity contribution >= 4 is 18.1 Å². The molecule has 2 amide bonds. The van der Waals surface area contributed by atoms with Crippen molar-refractivity contribution in [1.82, 2.24) is 10.4 Å². The van der Waals surface area contributed by atoms with E-state index in [1.807, 2.05) is 20.8 Å². The zero-order valence-electron chi connectivity index (χ0n) is 15.9. The molecule has 0 heterocycles. The van der Waals surface area contributed by atoms with Crippen molar-refractivity contribution in [3.8, 4) is 0 Å². The molecule has 2 unspecified atom stereocenters. The second kappa shape index (κ2) is 11.2. The molecule has 0 aromatic heterocycles. The van der Waals surface area contributed by atoms with Gasteiger partial charge in [0.05, 0.1) is 18.5 Å². The van der Waals surface area contributed by atoms with Gasteiger partial charge in [0.2, 0.25) is 12.3 Å². The Balaban J connectivity index is 2.76. The monoisotopic (exact) mass is 354 g/mol. The van der Waals surface area contributed by atoms with Gasteiger partial charge in [0, 0.05) is 5.92 Å². The topological polar surface area (TPSA) is 86.7 Å². The highest BCUT2D eigenvalue weighted by molar-refractivity contribution is 5.91. The van der Waals surface area contributed by atoms with E-state index in [9.17, 15) is 19.6 Å². The molecule has 0 bridgehead atoms. The molecular formula is C19H34N2O4. The molecule has 1 saturated carbocycles. The van der Waals surface area contributed by atoms with Gasteiger partial charge in [-0.15, -0.1) is 0 Å². The Bertz CT molecular complexity index is 433. The van der Waals surface area contributed by atoms with Crippen LogP contribution in [0.4, 0.5) is 0 Å². The fraction of sp³-hybridized carbons (Fsp3) is 0.842. The predicted molar refractivity (Wildman–Crippen MR) is 95.9 cm³/mol. The fourth-order valence-corrected chi connectivity index (χ4v) is 3.50. The molecule has 1 fully saturated rings. The smallest absolute Gasteiger partial charge is 0.233 e.